The Balaban J connectivity index is 3.11. The number of nitrogens with two attached hydrogens (primary N) is 1. The van der Waals surface area contributed by atoms with Gasteiger partial charge in [-0.3, -0.25) is 0 Å². The topological polar surface area (TPSA) is 35.2 Å². The van der Waals surface area contributed by atoms with Gasteiger partial charge in [0, 0.05) is 12.0 Å². The molecule has 0 unspecified atom stereocenters. The molecule has 0 aliphatic carbocycles. The van der Waals surface area contributed by atoms with Gasteiger partial charge in [-0.2, -0.15) is 0 Å². The van der Waals surface area contributed by atoms with E-state index in [9.17, 15) is 8.78 Å². The number of benzene rings is 1. The van der Waals surface area contributed by atoms with Crippen LogP contribution in [0.5, 0.6) is 0 Å². The molecule has 5 heteroatoms. The molecule has 0 saturated carbocycles. The van der Waals surface area contributed by atoms with Crippen molar-refractivity contribution in [2.45, 2.75) is 13.3 Å². The molecule has 0 heterocycles. The monoisotopic (exact) mass is 265 g/mol. The van der Waals surface area contributed by atoms with Gasteiger partial charge in [0.2, 0.25) is 0 Å². The van der Waals surface area contributed by atoms with E-state index in [0.717, 1.165) is 0 Å². The predicted octanol–water partition coefficient (Wildman–Crippen LogP) is 2.47. The van der Waals surface area contributed by atoms with Crippen LogP contribution in [0.1, 0.15) is 11.1 Å². The van der Waals surface area contributed by atoms with Crippen LogP contribution in [0, 0.1) is 18.6 Å². The van der Waals surface area contributed by atoms with Gasteiger partial charge < -0.3 is 4.84 Å². The summed E-state index contributed by atoms with van der Waals surface area (Å²) in [5.74, 6) is 3.66. The molecule has 0 fully saturated rings. The predicted molar refractivity (Wildman–Crippen MR) is 52.6 cm³/mol. The normalized spacial score (nSPS) is 10.6. The Bertz CT molecular complexity index is 318. The maximum Gasteiger partial charge on any atom is 0.143 e. The lowest BCUT2D eigenvalue weighted by molar-refractivity contribution is 0.140. The van der Waals surface area contributed by atoms with Gasteiger partial charge in [-0.15, -0.1) is 0 Å². The Hall–Kier alpha value is -0.520. The van der Waals surface area contributed by atoms with Crippen LogP contribution in [0.25, 0.3) is 0 Å². The first kappa shape index (κ1) is 11.6. The number of aryl methyl sites for hydroxylation is 1. The minimum atomic E-state index is -0.592. The molecule has 0 radical (unpaired) electrons. The molecular formula is C9H10BrF2NO. The minimum absolute atomic E-state index is 0.00215. The molecule has 1 aromatic carbocycles. The summed E-state index contributed by atoms with van der Waals surface area (Å²) >= 11 is 3.01. The van der Waals surface area contributed by atoms with Crippen LogP contribution >= 0.6 is 15.9 Å². The van der Waals surface area contributed by atoms with E-state index in [1.807, 2.05) is 0 Å². The summed E-state index contributed by atoms with van der Waals surface area (Å²) in [6, 6.07) is 1.40. The molecule has 0 aliphatic rings. The first-order valence-electron chi connectivity index (χ1n) is 4.02. The zero-order chi connectivity index (χ0) is 10.7. The highest BCUT2D eigenvalue weighted by Crippen LogP contribution is 2.24. The fourth-order valence-electron chi connectivity index (χ4n) is 1.18. The molecule has 78 valence electrons. The van der Waals surface area contributed by atoms with Crippen LogP contribution < -0.4 is 5.90 Å². The summed E-state index contributed by atoms with van der Waals surface area (Å²) in [7, 11) is 0. The maximum atomic E-state index is 13.4. The van der Waals surface area contributed by atoms with Gasteiger partial charge in [0.25, 0.3) is 0 Å². The van der Waals surface area contributed by atoms with Crippen LogP contribution in [0.2, 0.25) is 0 Å². The molecule has 0 spiro atoms. The molecule has 14 heavy (non-hydrogen) atoms. The smallest absolute Gasteiger partial charge is 0.143 e. The Labute approximate surface area is 89.1 Å². The third-order valence-corrected chi connectivity index (χ3v) is 2.48. The fraction of sp³-hybridized carbons (Fsp3) is 0.333. The second-order valence-corrected chi connectivity index (χ2v) is 3.76. The van der Waals surface area contributed by atoms with Crippen molar-refractivity contribution in [2.75, 3.05) is 6.61 Å². The molecule has 0 saturated heterocycles. The lowest BCUT2D eigenvalue weighted by Gasteiger charge is -2.08. The molecule has 2 nitrogen and oxygen atoms in total. The lowest BCUT2D eigenvalue weighted by atomic mass is 10.1. The highest BCUT2D eigenvalue weighted by atomic mass is 79.9. The van der Waals surface area contributed by atoms with Crippen LogP contribution in [0.15, 0.2) is 10.5 Å². The average Bonchev–Trinajstić information content (AvgIpc) is 2.15. The molecule has 2 N–H and O–H groups in total. The van der Waals surface area contributed by atoms with E-state index in [1.165, 1.54) is 6.07 Å². The second-order valence-electron chi connectivity index (χ2n) is 2.90. The van der Waals surface area contributed by atoms with E-state index >= 15 is 0 Å². The second kappa shape index (κ2) is 4.82. The van der Waals surface area contributed by atoms with Crippen molar-refractivity contribution in [3.63, 3.8) is 0 Å². The Morgan fingerprint density at radius 3 is 2.64 bits per heavy atom. The van der Waals surface area contributed by atoms with Crippen LogP contribution in [-0.4, -0.2) is 6.61 Å². The van der Waals surface area contributed by atoms with Gasteiger partial charge >= 0.3 is 0 Å². The molecule has 1 aromatic rings. The maximum absolute atomic E-state index is 13.4. The largest absolute Gasteiger partial charge is 0.304 e. The van der Waals surface area contributed by atoms with E-state index in [1.54, 1.807) is 6.92 Å². The summed E-state index contributed by atoms with van der Waals surface area (Å²) in [4.78, 5) is 4.29. The summed E-state index contributed by atoms with van der Waals surface area (Å²) in [6.45, 7) is 1.66. The summed E-state index contributed by atoms with van der Waals surface area (Å²) in [5.41, 5.74) is 0.396. The summed E-state index contributed by atoms with van der Waals surface area (Å²) in [6.07, 6.45) is 0.119. The van der Waals surface area contributed by atoms with Crippen molar-refractivity contribution in [3.05, 3.63) is 33.3 Å². The van der Waals surface area contributed by atoms with Crippen molar-refractivity contribution < 1.29 is 13.6 Å². The van der Waals surface area contributed by atoms with E-state index in [4.69, 9.17) is 5.90 Å². The molecule has 1 rings (SSSR count). The zero-order valence-corrected chi connectivity index (χ0v) is 9.20. The molecule has 0 bridgehead atoms. The number of halogens is 3. The van der Waals surface area contributed by atoms with Crippen molar-refractivity contribution in [2.24, 2.45) is 5.90 Å². The molecule has 0 aromatic heterocycles. The SMILES string of the molecule is Cc1cc(Br)c(F)c(CCON)c1F. The van der Waals surface area contributed by atoms with Crippen LogP contribution in [0.4, 0.5) is 8.78 Å². The lowest BCUT2D eigenvalue weighted by Crippen LogP contribution is -2.08. The van der Waals surface area contributed by atoms with Gasteiger partial charge in [0.15, 0.2) is 0 Å². The highest BCUT2D eigenvalue weighted by molar-refractivity contribution is 9.10. The van der Waals surface area contributed by atoms with Gasteiger partial charge in [0.05, 0.1) is 11.1 Å². The van der Waals surface area contributed by atoms with E-state index in [2.05, 4.69) is 20.8 Å². The van der Waals surface area contributed by atoms with Gasteiger partial charge in [0.1, 0.15) is 11.6 Å². The van der Waals surface area contributed by atoms with Crippen LogP contribution in [0.3, 0.4) is 0 Å². The van der Waals surface area contributed by atoms with E-state index < -0.39 is 11.6 Å². The fourth-order valence-corrected chi connectivity index (χ4v) is 1.76. The number of hydrogen-bond donors (Lipinski definition) is 1. The number of rotatable bonds is 3. The molecule has 0 aliphatic heterocycles. The van der Waals surface area contributed by atoms with Gasteiger partial charge in [-0.25, -0.2) is 14.7 Å². The van der Waals surface area contributed by atoms with Gasteiger partial charge in [-0.1, -0.05) is 0 Å². The Morgan fingerprint density at radius 1 is 1.43 bits per heavy atom. The van der Waals surface area contributed by atoms with E-state index in [-0.39, 0.29) is 23.1 Å². The molecule has 0 amide bonds. The van der Waals surface area contributed by atoms with Crippen LogP contribution in [-0.2, 0) is 11.3 Å². The van der Waals surface area contributed by atoms with Gasteiger partial charge in [-0.05, 0) is 34.5 Å². The standard InChI is InChI=1S/C9H10BrF2NO/c1-5-4-7(10)9(12)6(8(5)11)2-3-14-13/h4H,2-3,13H2,1H3. The third-order valence-electron chi connectivity index (χ3n) is 1.90. The third kappa shape index (κ3) is 2.29. The number of hydrogen-bond acceptors (Lipinski definition) is 2. The highest BCUT2D eigenvalue weighted by Gasteiger charge is 2.14. The molecular weight excluding hydrogens is 256 g/mol. The quantitative estimate of drug-likeness (QED) is 0.673. The molecule has 0 atom stereocenters. The average molecular weight is 266 g/mol. The van der Waals surface area contributed by atoms with Crippen molar-refractivity contribution >= 4 is 15.9 Å². The Kier molecular flexibility index (Phi) is 3.97. The first-order valence-corrected chi connectivity index (χ1v) is 4.82. The summed E-state index contributed by atoms with van der Waals surface area (Å²) < 4.78 is 27.0. The van der Waals surface area contributed by atoms with Crippen molar-refractivity contribution in [1.29, 1.82) is 0 Å². The Morgan fingerprint density at radius 2 is 2.07 bits per heavy atom. The summed E-state index contributed by atoms with van der Waals surface area (Å²) in [5, 5.41) is 0. The van der Waals surface area contributed by atoms with E-state index in [0.29, 0.717) is 5.56 Å². The van der Waals surface area contributed by atoms with Crippen molar-refractivity contribution in [3.8, 4) is 0 Å². The zero-order valence-electron chi connectivity index (χ0n) is 7.61. The van der Waals surface area contributed by atoms with Crippen molar-refractivity contribution in [1.82, 2.24) is 0 Å². The first-order chi connectivity index (χ1) is 6.57. The minimum Gasteiger partial charge on any atom is -0.304 e.